The summed E-state index contributed by atoms with van der Waals surface area (Å²) in [6, 6.07) is 6.53. The van der Waals surface area contributed by atoms with E-state index in [2.05, 4.69) is 55.2 Å². The Morgan fingerprint density at radius 2 is 2.14 bits per heavy atom. The van der Waals surface area contributed by atoms with Crippen LogP contribution in [-0.2, 0) is 0 Å². The molecule has 0 aliphatic carbocycles. The van der Waals surface area contributed by atoms with Gasteiger partial charge in [0.25, 0.3) is 0 Å². The third kappa shape index (κ3) is 1.65. The molecule has 0 saturated carbocycles. The maximum Gasteiger partial charge on any atom is 0.110 e. The molecule has 0 atom stereocenters. The molecule has 74 valence electrons. The zero-order chi connectivity index (χ0) is 10.1. The molecule has 14 heavy (non-hydrogen) atoms. The molecule has 0 radical (unpaired) electrons. The molecule has 1 heterocycles. The third-order valence-corrected chi connectivity index (χ3v) is 2.54. The molecule has 2 heteroatoms. The van der Waals surface area contributed by atoms with Gasteiger partial charge in [0.15, 0.2) is 0 Å². The summed E-state index contributed by atoms with van der Waals surface area (Å²) in [6.07, 6.45) is 2.16. The maximum atomic E-state index is 4.47. The Balaban J connectivity index is 2.59. The van der Waals surface area contributed by atoms with Gasteiger partial charge in [0, 0.05) is 18.5 Å². The standard InChI is InChI=1S/C12H16N2/c1-9(2)10-4-5-12-11(6-10)7-14(3)8-13-12/h4-7,9H,8H2,1-3H3. The first-order valence-corrected chi connectivity index (χ1v) is 5.03. The highest BCUT2D eigenvalue weighted by atomic mass is 15.2. The Labute approximate surface area is 84.6 Å². The van der Waals surface area contributed by atoms with E-state index in [9.17, 15) is 0 Å². The fourth-order valence-electron chi connectivity index (χ4n) is 1.65. The van der Waals surface area contributed by atoms with E-state index in [-0.39, 0.29) is 0 Å². The van der Waals surface area contributed by atoms with Gasteiger partial charge in [-0.25, -0.2) is 0 Å². The van der Waals surface area contributed by atoms with Crippen LogP contribution in [0, 0.1) is 0 Å². The summed E-state index contributed by atoms with van der Waals surface area (Å²) in [4.78, 5) is 6.57. The molecule has 1 aromatic carbocycles. The normalized spacial score (nSPS) is 14.7. The van der Waals surface area contributed by atoms with Crippen molar-refractivity contribution in [3.05, 3.63) is 34.3 Å². The number of rotatable bonds is 1. The topological polar surface area (TPSA) is 15.6 Å². The van der Waals surface area contributed by atoms with Crippen LogP contribution in [0.1, 0.15) is 25.3 Å². The predicted molar refractivity (Wildman–Crippen MR) is 58.4 cm³/mol. The van der Waals surface area contributed by atoms with Crippen molar-refractivity contribution in [2.24, 2.45) is 4.99 Å². The number of benzene rings is 1. The molecule has 0 bridgehead atoms. The van der Waals surface area contributed by atoms with Gasteiger partial charge in [-0.3, -0.25) is 4.99 Å². The smallest absolute Gasteiger partial charge is 0.110 e. The molecule has 0 unspecified atom stereocenters. The van der Waals surface area contributed by atoms with Crippen molar-refractivity contribution in [1.29, 1.82) is 0 Å². The molecule has 0 saturated heterocycles. The monoisotopic (exact) mass is 188 g/mol. The van der Waals surface area contributed by atoms with Crippen molar-refractivity contribution in [2.75, 3.05) is 13.7 Å². The van der Waals surface area contributed by atoms with Crippen molar-refractivity contribution in [2.45, 2.75) is 19.8 Å². The fraction of sp³-hybridized carbons (Fsp3) is 0.417. The first-order chi connectivity index (χ1) is 6.66. The van der Waals surface area contributed by atoms with Crippen LogP contribution >= 0.6 is 0 Å². The second kappa shape index (κ2) is 3.45. The zero-order valence-electron chi connectivity index (χ0n) is 8.99. The maximum absolute atomic E-state index is 4.47. The average Bonchev–Trinajstić information content (AvgIpc) is 2.16. The summed E-state index contributed by atoms with van der Waals surface area (Å²) in [5.41, 5.74) is 1.38. The fourth-order valence-corrected chi connectivity index (χ4v) is 1.65. The van der Waals surface area contributed by atoms with E-state index >= 15 is 0 Å². The van der Waals surface area contributed by atoms with Gasteiger partial charge >= 0.3 is 0 Å². The molecule has 1 aliphatic rings. The number of hydrogen-bond acceptors (Lipinski definition) is 2. The Hall–Kier alpha value is -1.31. The summed E-state index contributed by atoms with van der Waals surface area (Å²) in [5.74, 6) is 0.584. The Morgan fingerprint density at radius 3 is 2.86 bits per heavy atom. The minimum Gasteiger partial charge on any atom is -0.361 e. The molecule has 1 aromatic rings. The summed E-state index contributed by atoms with van der Waals surface area (Å²) in [5, 5.41) is 2.36. The summed E-state index contributed by atoms with van der Waals surface area (Å²) >= 11 is 0. The number of hydrogen-bond donors (Lipinski definition) is 0. The van der Waals surface area contributed by atoms with Crippen molar-refractivity contribution in [3.8, 4) is 0 Å². The lowest BCUT2D eigenvalue weighted by Crippen LogP contribution is -2.34. The lowest BCUT2D eigenvalue weighted by atomic mass is 10.0. The summed E-state index contributed by atoms with van der Waals surface area (Å²) < 4.78 is 0. The minimum absolute atomic E-state index is 0.584. The Kier molecular flexibility index (Phi) is 2.28. The van der Waals surface area contributed by atoms with E-state index in [4.69, 9.17) is 0 Å². The number of nitrogens with zero attached hydrogens (tertiary/aromatic N) is 2. The Bertz CT molecular complexity index is 446. The Morgan fingerprint density at radius 1 is 1.36 bits per heavy atom. The SMILES string of the molecule is CC(C)c1ccc2c(c1)=CN(C)CN=2. The highest BCUT2D eigenvalue weighted by Crippen LogP contribution is 2.09. The van der Waals surface area contributed by atoms with Gasteiger partial charge in [0.05, 0.1) is 5.36 Å². The summed E-state index contributed by atoms with van der Waals surface area (Å²) in [7, 11) is 2.05. The molecule has 0 N–H and O–H groups in total. The lowest BCUT2D eigenvalue weighted by Gasteiger charge is -2.14. The van der Waals surface area contributed by atoms with E-state index in [1.165, 1.54) is 10.8 Å². The predicted octanol–water partition coefficient (Wildman–Crippen LogP) is 1.07. The van der Waals surface area contributed by atoms with Gasteiger partial charge in [-0.15, -0.1) is 0 Å². The average molecular weight is 188 g/mol. The van der Waals surface area contributed by atoms with E-state index in [1.54, 1.807) is 0 Å². The van der Waals surface area contributed by atoms with Crippen LogP contribution in [0.4, 0.5) is 0 Å². The van der Waals surface area contributed by atoms with Crippen LogP contribution in [0.3, 0.4) is 0 Å². The molecule has 0 aromatic heterocycles. The van der Waals surface area contributed by atoms with Crippen LogP contribution < -0.4 is 10.6 Å². The van der Waals surface area contributed by atoms with Gasteiger partial charge in [0.1, 0.15) is 6.67 Å². The largest absolute Gasteiger partial charge is 0.361 e. The second-order valence-electron chi connectivity index (χ2n) is 4.16. The van der Waals surface area contributed by atoms with E-state index in [1.807, 2.05) is 0 Å². The minimum atomic E-state index is 0.584. The van der Waals surface area contributed by atoms with E-state index in [0.717, 1.165) is 12.0 Å². The highest BCUT2D eigenvalue weighted by Gasteiger charge is 2.02. The van der Waals surface area contributed by atoms with Gasteiger partial charge in [-0.1, -0.05) is 19.9 Å². The van der Waals surface area contributed by atoms with Crippen LogP contribution in [0.15, 0.2) is 23.2 Å². The van der Waals surface area contributed by atoms with Crippen molar-refractivity contribution in [1.82, 2.24) is 4.90 Å². The van der Waals surface area contributed by atoms with E-state index < -0.39 is 0 Å². The molecular weight excluding hydrogens is 172 g/mol. The lowest BCUT2D eigenvalue weighted by molar-refractivity contribution is 0.498. The molecule has 0 fully saturated rings. The summed E-state index contributed by atoms with van der Waals surface area (Å²) in [6.45, 7) is 5.20. The zero-order valence-corrected chi connectivity index (χ0v) is 8.99. The quantitative estimate of drug-likeness (QED) is 0.643. The molecule has 0 amide bonds. The second-order valence-corrected chi connectivity index (χ2v) is 4.16. The van der Waals surface area contributed by atoms with Gasteiger partial charge in [-0.2, -0.15) is 0 Å². The molecule has 0 spiro atoms. The van der Waals surface area contributed by atoms with Crippen LogP contribution in [0.2, 0.25) is 0 Å². The van der Waals surface area contributed by atoms with Crippen molar-refractivity contribution < 1.29 is 0 Å². The van der Waals surface area contributed by atoms with Crippen LogP contribution in [0.25, 0.3) is 6.20 Å². The van der Waals surface area contributed by atoms with Crippen LogP contribution in [-0.4, -0.2) is 18.6 Å². The van der Waals surface area contributed by atoms with Crippen molar-refractivity contribution in [3.63, 3.8) is 0 Å². The first-order valence-electron chi connectivity index (χ1n) is 5.03. The molecule has 2 nitrogen and oxygen atoms in total. The van der Waals surface area contributed by atoms with Gasteiger partial charge < -0.3 is 4.90 Å². The van der Waals surface area contributed by atoms with Gasteiger partial charge in [-0.05, 0) is 23.6 Å². The molecule has 1 aliphatic heterocycles. The van der Waals surface area contributed by atoms with Crippen LogP contribution in [0.5, 0.6) is 0 Å². The molecule has 2 rings (SSSR count). The third-order valence-electron chi connectivity index (χ3n) is 2.54. The first kappa shape index (κ1) is 9.25. The van der Waals surface area contributed by atoms with Crippen molar-refractivity contribution >= 4 is 6.20 Å². The molecular formula is C12H16N2. The van der Waals surface area contributed by atoms with E-state index in [0.29, 0.717) is 5.92 Å². The van der Waals surface area contributed by atoms with Gasteiger partial charge in [0.2, 0.25) is 0 Å². The highest BCUT2D eigenvalue weighted by molar-refractivity contribution is 5.28. The number of fused-ring (bicyclic) bond motifs is 1.